The Morgan fingerprint density at radius 3 is 2.19 bits per heavy atom. The van der Waals surface area contributed by atoms with Gasteiger partial charge in [-0.1, -0.05) is 12.1 Å². The van der Waals surface area contributed by atoms with Crippen LogP contribution in [0, 0.1) is 5.82 Å². The molecule has 0 aliphatic carbocycles. The zero-order chi connectivity index (χ0) is 15.8. The van der Waals surface area contributed by atoms with Crippen LogP contribution in [0.4, 0.5) is 15.8 Å². The van der Waals surface area contributed by atoms with E-state index in [-0.39, 0.29) is 10.6 Å². The maximum atomic E-state index is 13.8. The first-order valence-corrected chi connectivity index (χ1v) is 8.75. The fourth-order valence-electron chi connectivity index (χ4n) is 1.80. The van der Waals surface area contributed by atoms with Crippen molar-refractivity contribution in [2.45, 2.75) is 4.90 Å². The number of nitrogens with zero attached hydrogens (tertiary/aromatic N) is 1. The lowest BCUT2D eigenvalue weighted by molar-refractivity contribution is 0.589. The third kappa shape index (κ3) is 3.07. The van der Waals surface area contributed by atoms with Gasteiger partial charge in [0.2, 0.25) is 0 Å². The maximum Gasteiger partial charge on any atom is 0.266 e. The summed E-state index contributed by atoms with van der Waals surface area (Å²) < 4.78 is 40.7. The van der Waals surface area contributed by atoms with Crippen molar-refractivity contribution in [3.05, 3.63) is 51.2 Å². The Morgan fingerprint density at radius 2 is 1.67 bits per heavy atom. The smallest absolute Gasteiger partial charge is 0.266 e. The molecule has 0 heterocycles. The minimum absolute atomic E-state index is 0.0116. The molecule has 8 heteroatoms. The van der Waals surface area contributed by atoms with Gasteiger partial charge in [-0.05, 0) is 56.1 Å². The normalized spacial score (nSPS) is 11.4. The largest absolute Gasteiger partial charge is 0.399 e. The van der Waals surface area contributed by atoms with Gasteiger partial charge in [-0.3, -0.25) is 4.31 Å². The molecule has 0 bridgehead atoms. The summed E-state index contributed by atoms with van der Waals surface area (Å²) in [6, 6.07) is 8.62. The van der Waals surface area contributed by atoms with Crippen LogP contribution in [-0.4, -0.2) is 15.5 Å². The third-order valence-corrected chi connectivity index (χ3v) is 6.48. The van der Waals surface area contributed by atoms with Crippen molar-refractivity contribution < 1.29 is 12.8 Å². The molecule has 2 aromatic carbocycles. The predicted molar refractivity (Wildman–Crippen MR) is 88.2 cm³/mol. The Morgan fingerprint density at radius 1 is 1.14 bits per heavy atom. The summed E-state index contributed by atoms with van der Waals surface area (Å²) in [5.41, 5.74) is 6.02. The third-order valence-electron chi connectivity index (χ3n) is 2.83. The standard InChI is InChI=1S/C13H11Br2FN2O2S/c1-18(12-5-3-2-4-11(12)16)21(19,20)13-9(14)6-8(17)7-10(13)15/h2-7H,17H2,1H3. The van der Waals surface area contributed by atoms with Gasteiger partial charge in [-0.15, -0.1) is 0 Å². The highest BCUT2D eigenvalue weighted by atomic mass is 79.9. The van der Waals surface area contributed by atoms with Gasteiger partial charge in [-0.25, -0.2) is 12.8 Å². The van der Waals surface area contributed by atoms with Crippen LogP contribution in [-0.2, 0) is 10.0 Å². The number of hydrogen-bond acceptors (Lipinski definition) is 3. The Bertz CT molecular complexity index is 774. The van der Waals surface area contributed by atoms with Crippen molar-refractivity contribution in [3.8, 4) is 0 Å². The average Bonchev–Trinajstić information content (AvgIpc) is 2.36. The second-order valence-electron chi connectivity index (χ2n) is 4.24. The van der Waals surface area contributed by atoms with Crippen LogP contribution < -0.4 is 10.0 Å². The van der Waals surface area contributed by atoms with Crippen molar-refractivity contribution in [2.75, 3.05) is 17.1 Å². The Hall–Kier alpha value is -1.12. The van der Waals surface area contributed by atoms with Crippen molar-refractivity contribution >= 4 is 53.3 Å². The predicted octanol–water partition coefficient (Wildman–Crippen LogP) is 3.76. The van der Waals surface area contributed by atoms with Gasteiger partial charge in [0, 0.05) is 21.7 Å². The molecule has 21 heavy (non-hydrogen) atoms. The molecule has 0 fully saturated rings. The number of halogens is 3. The van der Waals surface area contributed by atoms with Crippen LogP contribution in [0.2, 0.25) is 0 Å². The Labute approximate surface area is 139 Å². The van der Waals surface area contributed by atoms with E-state index >= 15 is 0 Å². The fraction of sp³-hybridized carbons (Fsp3) is 0.0769. The molecule has 0 unspecified atom stereocenters. The molecule has 0 aliphatic heterocycles. The molecule has 0 saturated carbocycles. The fourth-order valence-corrected chi connectivity index (χ4v) is 5.54. The van der Waals surface area contributed by atoms with Crippen LogP contribution in [0.15, 0.2) is 50.2 Å². The van der Waals surface area contributed by atoms with Gasteiger partial charge in [0.25, 0.3) is 10.0 Å². The Kier molecular flexibility index (Phi) is 4.60. The van der Waals surface area contributed by atoms with Gasteiger partial charge in [0.1, 0.15) is 10.7 Å². The number of hydrogen-bond donors (Lipinski definition) is 1. The van der Waals surface area contributed by atoms with Gasteiger partial charge in [0.05, 0.1) is 5.69 Å². The van der Waals surface area contributed by atoms with E-state index in [2.05, 4.69) is 31.9 Å². The first kappa shape index (κ1) is 16.3. The van der Waals surface area contributed by atoms with Crippen molar-refractivity contribution in [3.63, 3.8) is 0 Å². The molecule has 0 saturated heterocycles. The molecule has 0 aromatic heterocycles. The van der Waals surface area contributed by atoms with E-state index in [1.807, 2.05) is 0 Å². The second-order valence-corrected chi connectivity index (χ2v) is 7.85. The summed E-state index contributed by atoms with van der Waals surface area (Å²) in [4.78, 5) is -0.0116. The van der Waals surface area contributed by atoms with Gasteiger partial charge in [-0.2, -0.15) is 0 Å². The zero-order valence-corrected chi connectivity index (χ0v) is 14.8. The molecule has 0 radical (unpaired) electrons. The monoisotopic (exact) mass is 436 g/mol. The highest BCUT2D eigenvalue weighted by Crippen LogP contribution is 2.35. The molecular formula is C13H11Br2FN2O2S. The molecule has 2 aromatic rings. The summed E-state index contributed by atoms with van der Waals surface area (Å²) in [6.07, 6.45) is 0. The highest BCUT2D eigenvalue weighted by molar-refractivity contribution is 9.11. The lowest BCUT2D eigenvalue weighted by atomic mass is 10.3. The molecule has 0 spiro atoms. The number of nitrogens with two attached hydrogens (primary N) is 1. The summed E-state index contributed by atoms with van der Waals surface area (Å²) >= 11 is 6.37. The molecule has 112 valence electrons. The van der Waals surface area contributed by atoms with E-state index in [0.717, 1.165) is 4.31 Å². The molecule has 4 nitrogen and oxygen atoms in total. The number of para-hydroxylation sites is 1. The minimum atomic E-state index is -3.95. The lowest BCUT2D eigenvalue weighted by Crippen LogP contribution is -2.28. The second kappa shape index (κ2) is 5.94. The zero-order valence-electron chi connectivity index (χ0n) is 10.8. The van der Waals surface area contributed by atoms with E-state index < -0.39 is 15.8 Å². The molecular weight excluding hydrogens is 427 g/mol. The summed E-state index contributed by atoms with van der Waals surface area (Å²) in [6.45, 7) is 0. The van der Waals surface area contributed by atoms with E-state index in [0.29, 0.717) is 14.6 Å². The van der Waals surface area contributed by atoms with Gasteiger partial charge >= 0.3 is 0 Å². The first-order chi connectivity index (χ1) is 9.75. The van der Waals surface area contributed by atoms with Crippen molar-refractivity contribution in [1.82, 2.24) is 0 Å². The minimum Gasteiger partial charge on any atom is -0.399 e. The van der Waals surface area contributed by atoms with Gasteiger partial charge in [0.15, 0.2) is 0 Å². The topological polar surface area (TPSA) is 63.4 Å². The van der Waals surface area contributed by atoms with Crippen LogP contribution in [0.5, 0.6) is 0 Å². The van der Waals surface area contributed by atoms with Crippen LogP contribution in [0.25, 0.3) is 0 Å². The van der Waals surface area contributed by atoms with E-state index in [1.54, 1.807) is 6.07 Å². The van der Waals surface area contributed by atoms with Crippen molar-refractivity contribution in [1.29, 1.82) is 0 Å². The summed E-state index contributed by atoms with van der Waals surface area (Å²) in [5, 5.41) is 0. The number of nitrogen functional groups attached to an aromatic ring is 1. The number of sulfonamides is 1. The molecule has 2 rings (SSSR count). The SMILES string of the molecule is CN(c1ccccc1F)S(=O)(=O)c1c(Br)cc(N)cc1Br. The van der Waals surface area contributed by atoms with Crippen LogP contribution >= 0.6 is 31.9 Å². The van der Waals surface area contributed by atoms with E-state index in [1.165, 1.54) is 37.4 Å². The molecule has 0 aliphatic rings. The lowest BCUT2D eigenvalue weighted by Gasteiger charge is -2.21. The van der Waals surface area contributed by atoms with Gasteiger partial charge < -0.3 is 5.73 Å². The molecule has 2 N–H and O–H groups in total. The number of rotatable bonds is 3. The number of anilines is 2. The Balaban J connectivity index is 2.61. The average molecular weight is 438 g/mol. The van der Waals surface area contributed by atoms with Crippen LogP contribution in [0.3, 0.4) is 0 Å². The van der Waals surface area contributed by atoms with Crippen LogP contribution in [0.1, 0.15) is 0 Å². The molecule has 0 amide bonds. The highest BCUT2D eigenvalue weighted by Gasteiger charge is 2.28. The van der Waals surface area contributed by atoms with E-state index in [9.17, 15) is 12.8 Å². The summed E-state index contributed by atoms with van der Waals surface area (Å²) in [5.74, 6) is -0.619. The van der Waals surface area contributed by atoms with E-state index in [4.69, 9.17) is 5.73 Å². The quantitative estimate of drug-likeness (QED) is 0.743. The first-order valence-electron chi connectivity index (χ1n) is 5.73. The van der Waals surface area contributed by atoms with Crippen molar-refractivity contribution in [2.24, 2.45) is 0 Å². The number of benzene rings is 2. The summed E-state index contributed by atoms with van der Waals surface area (Å²) in [7, 11) is -2.65. The maximum absolute atomic E-state index is 13.8. The molecule has 0 atom stereocenters.